The van der Waals surface area contributed by atoms with Crippen molar-refractivity contribution in [2.45, 2.75) is 52.2 Å². The number of aromatic nitrogens is 2. The number of aryl methyl sites for hydroxylation is 1. The number of aliphatic hydroxyl groups excluding tert-OH is 1. The van der Waals surface area contributed by atoms with E-state index in [-0.39, 0.29) is 36.2 Å². The Morgan fingerprint density at radius 3 is 2.62 bits per heavy atom. The van der Waals surface area contributed by atoms with E-state index in [0.717, 1.165) is 30.3 Å². The van der Waals surface area contributed by atoms with E-state index in [9.17, 15) is 14.7 Å². The third-order valence-electron chi connectivity index (χ3n) is 5.32. The van der Waals surface area contributed by atoms with Crippen LogP contribution in [0, 0.1) is 5.41 Å². The lowest BCUT2D eigenvalue weighted by molar-refractivity contribution is -0.123. The normalized spacial score (nSPS) is 23.7. The van der Waals surface area contributed by atoms with Crippen LogP contribution in [0.15, 0.2) is 29.1 Å². The van der Waals surface area contributed by atoms with Gasteiger partial charge in [-0.05, 0) is 31.9 Å². The number of aliphatic hydroxyl groups is 1. The SMILES string of the molecule is CCn1c(=O)n(CC(=O)NC2CCCC2(C)CO)c2ccccc21. The van der Waals surface area contributed by atoms with Gasteiger partial charge in [0, 0.05) is 18.0 Å². The summed E-state index contributed by atoms with van der Waals surface area (Å²) >= 11 is 0. The first-order chi connectivity index (χ1) is 11.5. The number of rotatable bonds is 5. The number of para-hydroxylation sites is 2. The average molecular weight is 331 g/mol. The van der Waals surface area contributed by atoms with Crippen LogP contribution in [0.2, 0.25) is 0 Å². The van der Waals surface area contributed by atoms with E-state index >= 15 is 0 Å². The molecule has 2 N–H and O–H groups in total. The van der Waals surface area contributed by atoms with Crippen LogP contribution in [0.3, 0.4) is 0 Å². The topological polar surface area (TPSA) is 76.3 Å². The van der Waals surface area contributed by atoms with Crippen molar-refractivity contribution in [2.75, 3.05) is 6.61 Å². The maximum Gasteiger partial charge on any atom is 0.329 e. The third-order valence-corrected chi connectivity index (χ3v) is 5.32. The van der Waals surface area contributed by atoms with E-state index < -0.39 is 0 Å². The van der Waals surface area contributed by atoms with Crippen LogP contribution in [0.1, 0.15) is 33.1 Å². The quantitative estimate of drug-likeness (QED) is 0.871. The van der Waals surface area contributed by atoms with E-state index in [1.54, 1.807) is 4.57 Å². The van der Waals surface area contributed by atoms with Gasteiger partial charge in [0.2, 0.25) is 5.91 Å². The first kappa shape index (κ1) is 16.8. The van der Waals surface area contributed by atoms with Gasteiger partial charge in [-0.1, -0.05) is 25.5 Å². The van der Waals surface area contributed by atoms with Crippen LogP contribution >= 0.6 is 0 Å². The van der Waals surface area contributed by atoms with Crippen molar-refractivity contribution in [3.05, 3.63) is 34.7 Å². The van der Waals surface area contributed by atoms with E-state index in [2.05, 4.69) is 5.32 Å². The van der Waals surface area contributed by atoms with Crippen LogP contribution in [0.4, 0.5) is 0 Å². The predicted molar refractivity (Wildman–Crippen MR) is 92.8 cm³/mol. The van der Waals surface area contributed by atoms with Gasteiger partial charge < -0.3 is 10.4 Å². The van der Waals surface area contributed by atoms with E-state index in [1.807, 2.05) is 38.1 Å². The van der Waals surface area contributed by atoms with Crippen LogP contribution in [0.5, 0.6) is 0 Å². The Bertz CT molecular complexity index is 807. The van der Waals surface area contributed by atoms with Gasteiger partial charge >= 0.3 is 5.69 Å². The highest BCUT2D eigenvalue weighted by molar-refractivity contribution is 5.81. The number of benzene rings is 1. The molecule has 0 spiro atoms. The molecule has 1 aliphatic rings. The number of hydrogen-bond donors (Lipinski definition) is 2. The Morgan fingerprint density at radius 2 is 2.00 bits per heavy atom. The molecule has 130 valence electrons. The van der Waals surface area contributed by atoms with Gasteiger partial charge in [0.1, 0.15) is 6.54 Å². The summed E-state index contributed by atoms with van der Waals surface area (Å²) in [5, 5.41) is 12.6. The summed E-state index contributed by atoms with van der Waals surface area (Å²) in [5.41, 5.74) is 1.19. The van der Waals surface area contributed by atoms with Crippen molar-refractivity contribution in [3.8, 4) is 0 Å². The molecule has 2 aromatic rings. The van der Waals surface area contributed by atoms with Crippen molar-refractivity contribution in [1.82, 2.24) is 14.5 Å². The molecule has 1 amide bonds. The van der Waals surface area contributed by atoms with E-state index in [0.29, 0.717) is 6.54 Å². The molecule has 1 saturated carbocycles. The number of hydrogen-bond acceptors (Lipinski definition) is 3. The van der Waals surface area contributed by atoms with Gasteiger partial charge in [-0.15, -0.1) is 0 Å². The molecule has 6 heteroatoms. The number of nitrogens with one attached hydrogen (secondary N) is 1. The standard InChI is InChI=1S/C18H25N3O3/c1-3-20-13-7-4-5-8-14(13)21(17(20)24)11-16(23)19-15-9-6-10-18(15,2)12-22/h4-5,7-8,15,22H,3,6,9-12H2,1-2H3,(H,19,23). The molecule has 0 radical (unpaired) electrons. The molecule has 0 bridgehead atoms. The molecule has 2 atom stereocenters. The zero-order valence-electron chi connectivity index (χ0n) is 14.3. The summed E-state index contributed by atoms with van der Waals surface area (Å²) < 4.78 is 3.20. The minimum absolute atomic E-state index is 0.00432. The second-order valence-corrected chi connectivity index (χ2v) is 6.93. The third kappa shape index (κ3) is 2.75. The molecule has 3 rings (SSSR count). The predicted octanol–water partition coefficient (Wildman–Crippen LogP) is 1.49. The molecular weight excluding hydrogens is 306 g/mol. The van der Waals surface area contributed by atoms with E-state index in [4.69, 9.17) is 0 Å². The highest BCUT2D eigenvalue weighted by atomic mass is 16.3. The molecule has 2 unspecified atom stereocenters. The summed E-state index contributed by atoms with van der Waals surface area (Å²) in [6.07, 6.45) is 2.77. The van der Waals surface area contributed by atoms with Gasteiger partial charge in [-0.25, -0.2) is 4.79 Å². The maximum atomic E-state index is 12.6. The van der Waals surface area contributed by atoms with Crippen molar-refractivity contribution in [3.63, 3.8) is 0 Å². The molecule has 6 nitrogen and oxygen atoms in total. The first-order valence-corrected chi connectivity index (χ1v) is 8.58. The van der Waals surface area contributed by atoms with Crippen LogP contribution < -0.4 is 11.0 Å². The molecule has 0 aliphatic heterocycles. The number of amides is 1. The molecule has 0 saturated heterocycles. The number of imidazole rings is 1. The zero-order valence-corrected chi connectivity index (χ0v) is 14.3. The van der Waals surface area contributed by atoms with Gasteiger partial charge in [-0.2, -0.15) is 0 Å². The lowest BCUT2D eigenvalue weighted by atomic mass is 9.86. The Labute approximate surface area is 141 Å². The van der Waals surface area contributed by atoms with Gasteiger partial charge in [0.05, 0.1) is 17.6 Å². The fourth-order valence-corrected chi connectivity index (χ4v) is 3.78. The zero-order chi connectivity index (χ0) is 17.3. The largest absolute Gasteiger partial charge is 0.396 e. The first-order valence-electron chi connectivity index (χ1n) is 8.58. The molecule has 1 aliphatic carbocycles. The Hall–Kier alpha value is -2.08. The van der Waals surface area contributed by atoms with Gasteiger partial charge in [0.15, 0.2) is 0 Å². The smallest absolute Gasteiger partial charge is 0.329 e. The maximum absolute atomic E-state index is 12.6. The average Bonchev–Trinajstić information content (AvgIpc) is 3.07. The summed E-state index contributed by atoms with van der Waals surface area (Å²) in [6, 6.07) is 7.49. The number of fused-ring (bicyclic) bond motifs is 1. The van der Waals surface area contributed by atoms with E-state index in [1.165, 1.54) is 4.57 Å². The minimum Gasteiger partial charge on any atom is -0.396 e. The van der Waals surface area contributed by atoms with Crippen LogP contribution in [-0.2, 0) is 17.9 Å². The number of carbonyl (C=O) groups excluding carboxylic acids is 1. The van der Waals surface area contributed by atoms with Crippen molar-refractivity contribution in [2.24, 2.45) is 5.41 Å². The van der Waals surface area contributed by atoms with Crippen LogP contribution in [0.25, 0.3) is 11.0 Å². The fourth-order valence-electron chi connectivity index (χ4n) is 3.78. The fraction of sp³-hybridized carbons (Fsp3) is 0.556. The molecule has 1 aromatic heterocycles. The van der Waals surface area contributed by atoms with Crippen molar-refractivity contribution < 1.29 is 9.90 Å². The van der Waals surface area contributed by atoms with Crippen molar-refractivity contribution >= 4 is 16.9 Å². The Morgan fingerprint density at radius 1 is 1.33 bits per heavy atom. The monoisotopic (exact) mass is 331 g/mol. The number of nitrogens with zero attached hydrogens (tertiary/aromatic N) is 2. The van der Waals surface area contributed by atoms with Crippen LogP contribution in [-0.4, -0.2) is 32.8 Å². The highest BCUT2D eigenvalue weighted by Crippen LogP contribution is 2.37. The lowest BCUT2D eigenvalue weighted by Gasteiger charge is -2.30. The van der Waals surface area contributed by atoms with Gasteiger partial charge in [0.25, 0.3) is 0 Å². The Balaban J connectivity index is 1.84. The second kappa shape index (κ2) is 6.43. The molecule has 1 heterocycles. The molecular formula is C18H25N3O3. The summed E-state index contributed by atoms with van der Waals surface area (Å²) in [7, 11) is 0. The van der Waals surface area contributed by atoms with Gasteiger partial charge in [-0.3, -0.25) is 13.9 Å². The molecule has 24 heavy (non-hydrogen) atoms. The lowest BCUT2D eigenvalue weighted by Crippen LogP contribution is -2.46. The number of carbonyl (C=O) groups is 1. The Kier molecular flexibility index (Phi) is 4.49. The van der Waals surface area contributed by atoms with Crippen molar-refractivity contribution in [1.29, 1.82) is 0 Å². The highest BCUT2D eigenvalue weighted by Gasteiger charge is 2.39. The summed E-state index contributed by atoms with van der Waals surface area (Å²) in [5.74, 6) is -0.178. The molecule has 1 aromatic carbocycles. The summed E-state index contributed by atoms with van der Waals surface area (Å²) in [6.45, 7) is 4.56. The second-order valence-electron chi connectivity index (χ2n) is 6.93. The molecule has 1 fully saturated rings. The minimum atomic E-state index is -0.266. The summed E-state index contributed by atoms with van der Waals surface area (Å²) in [4.78, 5) is 25.1.